The molecule has 2 aromatic carbocycles. The molecular formula is C23H34O3. The number of benzene rings is 2. The second-order valence-corrected chi connectivity index (χ2v) is 5.49. The number of hydrogen-bond acceptors (Lipinski definition) is 3. The number of esters is 1. The minimum atomic E-state index is -0.186. The molecule has 0 fully saturated rings. The highest BCUT2D eigenvalue weighted by atomic mass is 16.5. The topological polar surface area (TPSA) is 35.5 Å². The van der Waals surface area contributed by atoms with Gasteiger partial charge >= 0.3 is 5.97 Å². The van der Waals surface area contributed by atoms with Crippen LogP contribution in [-0.4, -0.2) is 13.1 Å². The number of aryl methyl sites for hydroxylation is 1. The molecular weight excluding hydrogens is 324 g/mol. The van der Waals surface area contributed by atoms with E-state index in [1.165, 1.54) is 20.0 Å². The lowest BCUT2D eigenvalue weighted by molar-refractivity contribution is -0.140. The number of rotatable bonds is 7. The van der Waals surface area contributed by atoms with E-state index in [2.05, 4.69) is 18.6 Å². The summed E-state index contributed by atoms with van der Waals surface area (Å²) in [4.78, 5) is 11.1. The predicted octanol–water partition coefficient (Wildman–Crippen LogP) is 6.20. The average molecular weight is 359 g/mol. The van der Waals surface area contributed by atoms with E-state index in [0.717, 1.165) is 16.9 Å². The lowest BCUT2D eigenvalue weighted by atomic mass is 10.1. The van der Waals surface area contributed by atoms with Gasteiger partial charge in [0.25, 0.3) is 0 Å². The Hall–Kier alpha value is -2.29. The van der Waals surface area contributed by atoms with Crippen LogP contribution in [0.15, 0.2) is 54.6 Å². The number of ether oxygens (including phenoxy) is 2. The van der Waals surface area contributed by atoms with Gasteiger partial charge in [0, 0.05) is 6.42 Å². The fraction of sp³-hybridized carbons (Fsp3) is 0.435. The Balaban J connectivity index is 0.000000920. The largest absolute Gasteiger partial charge is 0.489 e. The first-order chi connectivity index (χ1) is 12.7. The Morgan fingerprint density at radius 1 is 0.846 bits per heavy atom. The lowest BCUT2D eigenvalue weighted by Crippen LogP contribution is -2.01. The molecule has 144 valence electrons. The molecule has 0 aliphatic rings. The number of unbranched alkanes of at least 4 members (excludes halogenated alkanes) is 1. The molecule has 0 aliphatic carbocycles. The zero-order valence-corrected chi connectivity index (χ0v) is 17.0. The van der Waals surface area contributed by atoms with Crippen molar-refractivity contribution in [3.63, 3.8) is 0 Å². The summed E-state index contributed by atoms with van der Waals surface area (Å²) in [5, 5.41) is 0. The highest BCUT2D eigenvalue weighted by Gasteiger charge is 2.02. The van der Waals surface area contributed by atoms with Crippen molar-refractivity contribution in [1.82, 2.24) is 0 Å². The van der Waals surface area contributed by atoms with Crippen molar-refractivity contribution < 1.29 is 14.3 Å². The van der Waals surface area contributed by atoms with Crippen LogP contribution in [0, 0.1) is 0 Å². The van der Waals surface area contributed by atoms with Gasteiger partial charge in [-0.15, -0.1) is 0 Å². The van der Waals surface area contributed by atoms with E-state index in [1.54, 1.807) is 0 Å². The summed E-state index contributed by atoms with van der Waals surface area (Å²) in [5.74, 6) is 0.644. The van der Waals surface area contributed by atoms with Crippen LogP contribution in [0.2, 0.25) is 0 Å². The monoisotopic (exact) mass is 358 g/mol. The van der Waals surface area contributed by atoms with Gasteiger partial charge in [-0.2, -0.15) is 0 Å². The van der Waals surface area contributed by atoms with Gasteiger partial charge in [0.1, 0.15) is 12.4 Å². The first kappa shape index (κ1) is 23.7. The van der Waals surface area contributed by atoms with Crippen molar-refractivity contribution in [2.24, 2.45) is 0 Å². The van der Waals surface area contributed by atoms with Gasteiger partial charge in [0.2, 0.25) is 0 Å². The van der Waals surface area contributed by atoms with Crippen molar-refractivity contribution in [3.05, 3.63) is 65.7 Å². The smallest absolute Gasteiger partial charge is 0.305 e. The molecule has 0 aromatic heterocycles. The van der Waals surface area contributed by atoms with Gasteiger partial charge < -0.3 is 9.47 Å². The second kappa shape index (κ2) is 16.2. The normalized spacial score (nSPS) is 9.12. The molecule has 0 spiro atoms. The van der Waals surface area contributed by atoms with Gasteiger partial charge in [0.15, 0.2) is 0 Å². The molecule has 0 bridgehead atoms. The molecule has 3 heteroatoms. The van der Waals surface area contributed by atoms with Gasteiger partial charge in [-0.3, -0.25) is 4.79 Å². The van der Waals surface area contributed by atoms with Crippen LogP contribution in [0.25, 0.3) is 0 Å². The molecule has 2 aromatic rings. The molecule has 0 amide bonds. The molecule has 26 heavy (non-hydrogen) atoms. The van der Waals surface area contributed by atoms with E-state index in [1.807, 2.05) is 68.4 Å². The number of carbonyl (C=O) groups is 1. The minimum absolute atomic E-state index is 0.186. The first-order valence-corrected chi connectivity index (χ1v) is 9.52. The predicted molar refractivity (Wildman–Crippen MR) is 109 cm³/mol. The fourth-order valence-electron chi connectivity index (χ4n) is 1.84. The molecule has 2 rings (SSSR count). The Morgan fingerprint density at radius 2 is 1.42 bits per heavy atom. The summed E-state index contributed by atoms with van der Waals surface area (Å²) in [5.41, 5.74) is 2.24. The van der Waals surface area contributed by atoms with Gasteiger partial charge in [-0.05, 0) is 29.7 Å². The molecule has 0 saturated heterocycles. The van der Waals surface area contributed by atoms with Crippen molar-refractivity contribution in [1.29, 1.82) is 0 Å². The maximum absolute atomic E-state index is 11.1. The maximum Gasteiger partial charge on any atom is 0.305 e. The molecule has 3 nitrogen and oxygen atoms in total. The molecule has 0 radical (unpaired) electrons. The Kier molecular flexibility index (Phi) is 14.8. The first-order valence-electron chi connectivity index (χ1n) is 9.52. The van der Waals surface area contributed by atoms with Crippen LogP contribution < -0.4 is 4.74 Å². The number of carbonyl (C=O) groups excluding carboxylic acids is 1. The molecule has 0 aliphatic heterocycles. The van der Waals surface area contributed by atoms with Crippen molar-refractivity contribution in [2.45, 2.75) is 60.0 Å². The van der Waals surface area contributed by atoms with Crippen LogP contribution >= 0.6 is 0 Å². The Bertz CT molecular complexity index is 560. The summed E-state index contributed by atoms with van der Waals surface area (Å²) in [6, 6.07) is 17.8. The third-order valence-corrected chi connectivity index (χ3v) is 3.52. The van der Waals surface area contributed by atoms with E-state index < -0.39 is 0 Å². The summed E-state index contributed by atoms with van der Waals surface area (Å²) < 4.78 is 10.3. The van der Waals surface area contributed by atoms with Crippen LogP contribution in [0.5, 0.6) is 5.75 Å². The van der Waals surface area contributed by atoms with Crippen LogP contribution in [0.3, 0.4) is 0 Å². The van der Waals surface area contributed by atoms with E-state index in [-0.39, 0.29) is 5.97 Å². The lowest BCUT2D eigenvalue weighted by Gasteiger charge is -2.07. The number of hydrogen-bond donors (Lipinski definition) is 0. The van der Waals surface area contributed by atoms with E-state index in [9.17, 15) is 4.79 Å². The van der Waals surface area contributed by atoms with Gasteiger partial charge in [-0.1, -0.05) is 83.0 Å². The van der Waals surface area contributed by atoms with E-state index in [4.69, 9.17) is 4.74 Å². The highest BCUT2D eigenvalue weighted by Crippen LogP contribution is 2.15. The van der Waals surface area contributed by atoms with E-state index in [0.29, 0.717) is 19.4 Å². The molecule has 0 atom stereocenters. The van der Waals surface area contributed by atoms with Crippen LogP contribution in [0.1, 0.15) is 58.1 Å². The molecule has 0 N–H and O–H groups in total. The summed E-state index contributed by atoms with van der Waals surface area (Å²) in [7, 11) is 1.41. The zero-order chi connectivity index (χ0) is 19.6. The molecule has 0 heterocycles. The standard InChI is InChI=1S/C17H18O3.C4H10.C2H6/c1-19-17(18)12-9-14-7-10-16(11-8-14)20-13-15-5-3-2-4-6-15;1-3-4-2;1-2/h2-8,10-11H,9,12-13H2,1H3;3-4H2,1-2H3;1-2H3. The Morgan fingerprint density at radius 3 is 1.92 bits per heavy atom. The zero-order valence-electron chi connectivity index (χ0n) is 17.0. The summed E-state index contributed by atoms with van der Waals surface area (Å²) in [6.45, 7) is 8.92. The number of methoxy groups -OCH3 is 1. The SMILES string of the molecule is CC.CCCC.COC(=O)CCc1ccc(OCc2ccccc2)cc1. The maximum atomic E-state index is 11.1. The minimum Gasteiger partial charge on any atom is -0.489 e. The van der Waals surface area contributed by atoms with Crippen LogP contribution in [-0.2, 0) is 22.6 Å². The molecule has 0 saturated carbocycles. The Labute approximate surface area is 159 Å². The fourth-order valence-corrected chi connectivity index (χ4v) is 1.84. The quantitative estimate of drug-likeness (QED) is 0.552. The van der Waals surface area contributed by atoms with Crippen molar-refractivity contribution in [2.75, 3.05) is 7.11 Å². The van der Waals surface area contributed by atoms with Crippen molar-refractivity contribution >= 4 is 5.97 Å². The van der Waals surface area contributed by atoms with E-state index >= 15 is 0 Å². The second-order valence-electron chi connectivity index (χ2n) is 5.49. The summed E-state index contributed by atoms with van der Waals surface area (Å²) >= 11 is 0. The highest BCUT2D eigenvalue weighted by molar-refractivity contribution is 5.69. The summed E-state index contributed by atoms with van der Waals surface area (Å²) in [6.07, 6.45) is 3.73. The van der Waals surface area contributed by atoms with Crippen molar-refractivity contribution in [3.8, 4) is 5.75 Å². The third-order valence-electron chi connectivity index (χ3n) is 3.52. The third kappa shape index (κ3) is 11.3. The van der Waals surface area contributed by atoms with Gasteiger partial charge in [-0.25, -0.2) is 0 Å². The van der Waals surface area contributed by atoms with Gasteiger partial charge in [0.05, 0.1) is 7.11 Å². The average Bonchev–Trinajstić information content (AvgIpc) is 2.73. The van der Waals surface area contributed by atoms with Crippen LogP contribution in [0.4, 0.5) is 0 Å². The molecule has 0 unspecified atom stereocenters.